The van der Waals surface area contributed by atoms with E-state index in [1.54, 1.807) is 11.8 Å². The standard InChI is InChI=1S/C18H17N5S/c1-13-19-15-10-6-7-11-16(15)22(13)12-17-20-21-18(24-2)23(17)14-8-4-3-5-9-14/h3-11H,12H2,1-2H3. The lowest BCUT2D eigenvalue weighted by Crippen LogP contribution is -2.09. The molecule has 0 fully saturated rings. The molecule has 0 radical (unpaired) electrons. The minimum absolute atomic E-state index is 0.634. The molecule has 0 spiro atoms. The van der Waals surface area contributed by atoms with Gasteiger partial charge in [0.1, 0.15) is 5.82 Å². The zero-order chi connectivity index (χ0) is 16.5. The molecule has 0 aliphatic heterocycles. The highest BCUT2D eigenvalue weighted by Crippen LogP contribution is 2.22. The molecule has 4 aromatic rings. The molecule has 0 saturated heterocycles. The Bertz CT molecular complexity index is 987. The van der Waals surface area contributed by atoms with Crippen molar-refractivity contribution in [2.75, 3.05) is 6.26 Å². The molecule has 4 rings (SSSR count). The lowest BCUT2D eigenvalue weighted by molar-refractivity contribution is 0.711. The van der Waals surface area contributed by atoms with E-state index in [1.165, 1.54) is 0 Å². The van der Waals surface area contributed by atoms with Crippen molar-refractivity contribution >= 4 is 22.8 Å². The molecular weight excluding hydrogens is 318 g/mol. The molecule has 2 heterocycles. The fraction of sp³-hybridized carbons (Fsp3) is 0.167. The Kier molecular flexibility index (Phi) is 3.82. The number of benzene rings is 2. The van der Waals surface area contributed by atoms with Crippen molar-refractivity contribution in [2.24, 2.45) is 0 Å². The molecule has 6 heteroatoms. The van der Waals surface area contributed by atoms with Gasteiger partial charge >= 0.3 is 0 Å². The molecule has 120 valence electrons. The summed E-state index contributed by atoms with van der Waals surface area (Å²) in [6.07, 6.45) is 2.02. The van der Waals surface area contributed by atoms with Crippen LogP contribution in [0.5, 0.6) is 0 Å². The molecule has 0 unspecified atom stereocenters. The molecular formula is C18H17N5S. The second kappa shape index (κ2) is 6.13. The highest BCUT2D eigenvalue weighted by atomic mass is 32.2. The van der Waals surface area contributed by atoms with E-state index in [0.29, 0.717) is 6.54 Å². The van der Waals surface area contributed by atoms with Crippen molar-refractivity contribution in [2.45, 2.75) is 18.6 Å². The number of aromatic nitrogens is 5. The smallest absolute Gasteiger partial charge is 0.195 e. The monoisotopic (exact) mass is 335 g/mol. The van der Waals surface area contributed by atoms with Crippen molar-refractivity contribution in [3.8, 4) is 5.69 Å². The summed E-state index contributed by atoms with van der Waals surface area (Å²) in [5.74, 6) is 1.88. The van der Waals surface area contributed by atoms with E-state index in [-0.39, 0.29) is 0 Å². The molecule has 0 amide bonds. The SMILES string of the molecule is CSc1nnc(Cn2c(C)nc3ccccc32)n1-c1ccccc1. The van der Waals surface area contributed by atoms with Crippen LogP contribution in [0.15, 0.2) is 59.8 Å². The van der Waals surface area contributed by atoms with Crippen LogP contribution in [0.1, 0.15) is 11.6 Å². The third-order valence-electron chi connectivity index (χ3n) is 4.04. The predicted molar refractivity (Wildman–Crippen MR) is 96.7 cm³/mol. The first-order valence-corrected chi connectivity index (χ1v) is 8.96. The molecule has 0 bridgehead atoms. The lowest BCUT2D eigenvalue weighted by atomic mass is 10.3. The summed E-state index contributed by atoms with van der Waals surface area (Å²) in [5.41, 5.74) is 3.19. The van der Waals surface area contributed by atoms with Gasteiger partial charge in [0.2, 0.25) is 0 Å². The molecule has 0 atom stereocenters. The molecule has 0 aliphatic carbocycles. The third kappa shape index (κ3) is 2.49. The predicted octanol–water partition coefficient (Wildman–Crippen LogP) is 3.70. The zero-order valence-electron chi connectivity index (χ0n) is 13.5. The summed E-state index contributed by atoms with van der Waals surface area (Å²) in [6.45, 7) is 2.66. The van der Waals surface area contributed by atoms with E-state index in [4.69, 9.17) is 0 Å². The molecule has 2 aromatic carbocycles. The Labute approximate surface area is 144 Å². The van der Waals surface area contributed by atoms with Gasteiger partial charge in [0.05, 0.1) is 17.6 Å². The minimum atomic E-state index is 0.634. The van der Waals surface area contributed by atoms with Gasteiger partial charge in [0, 0.05) is 5.69 Å². The molecule has 24 heavy (non-hydrogen) atoms. The Morgan fingerprint density at radius 2 is 1.71 bits per heavy atom. The van der Waals surface area contributed by atoms with Crippen molar-refractivity contribution in [3.63, 3.8) is 0 Å². The number of fused-ring (bicyclic) bond motifs is 1. The molecule has 2 aromatic heterocycles. The normalized spacial score (nSPS) is 11.2. The van der Waals surface area contributed by atoms with Gasteiger partial charge in [0.15, 0.2) is 11.0 Å². The minimum Gasteiger partial charge on any atom is -0.320 e. The average molecular weight is 335 g/mol. The van der Waals surface area contributed by atoms with Crippen molar-refractivity contribution in [1.82, 2.24) is 24.3 Å². The van der Waals surface area contributed by atoms with Crippen LogP contribution >= 0.6 is 11.8 Å². The number of thioether (sulfide) groups is 1. The van der Waals surface area contributed by atoms with Crippen LogP contribution in [0.25, 0.3) is 16.7 Å². The van der Waals surface area contributed by atoms with Gasteiger partial charge in [-0.15, -0.1) is 10.2 Å². The summed E-state index contributed by atoms with van der Waals surface area (Å²) in [7, 11) is 0. The van der Waals surface area contributed by atoms with Gasteiger partial charge in [-0.25, -0.2) is 4.98 Å². The third-order valence-corrected chi connectivity index (χ3v) is 4.67. The van der Waals surface area contributed by atoms with E-state index in [0.717, 1.165) is 33.5 Å². The molecule has 0 aliphatic rings. The number of imidazole rings is 1. The summed E-state index contributed by atoms with van der Waals surface area (Å²) in [5, 5.41) is 9.66. The lowest BCUT2D eigenvalue weighted by Gasteiger charge is -2.11. The van der Waals surface area contributed by atoms with E-state index >= 15 is 0 Å². The maximum atomic E-state index is 4.64. The zero-order valence-corrected chi connectivity index (χ0v) is 14.4. The Balaban J connectivity index is 1.83. The summed E-state index contributed by atoms with van der Waals surface area (Å²) in [4.78, 5) is 4.64. The van der Waals surface area contributed by atoms with Gasteiger partial charge < -0.3 is 4.57 Å². The van der Waals surface area contributed by atoms with Crippen LogP contribution in [-0.4, -0.2) is 30.6 Å². The van der Waals surface area contributed by atoms with Crippen molar-refractivity contribution < 1.29 is 0 Å². The van der Waals surface area contributed by atoms with Crippen molar-refractivity contribution in [1.29, 1.82) is 0 Å². The number of hydrogen-bond donors (Lipinski definition) is 0. The maximum absolute atomic E-state index is 4.64. The summed E-state index contributed by atoms with van der Waals surface area (Å²) < 4.78 is 4.29. The number of nitrogens with zero attached hydrogens (tertiary/aromatic N) is 5. The topological polar surface area (TPSA) is 48.5 Å². The highest BCUT2D eigenvalue weighted by Gasteiger charge is 2.16. The van der Waals surface area contributed by atoms with Gasteiger partial charge in [-0.3, -0.25) is 4.57 Å². The maximum Gasteiger partial charge on any atom is 0.195 e. The van der Waals surface area contributed by atoms with Crippen LogP contribution in [-0.2, 0) is 6.54 Å². The van der Waals surface area contributed by atoms with Crippen LogP contribution in [0.4, 0.5) is 0 Å². The Morgan fingerprint density at radius 1 is 0.958 bits per heavy atom. The van der Waals surface area contributed by atoms with E-state index in [9.17, 15) is 0 Å². The highest BCUT2D eigenvalue weighted by molar-refractivity contribution is 7.98. The summed E-state index contributed by atoms with van der Waals surface area (Å²) in [6, 6.07) is 18.4. The Morgan fingerprint density at radius 3 is 2.50 bits per heavy atom. The average Bonchev–Trinajstić information content (AvgIpc) is 3.17. The fourth-order valence-electron chi connectivity index (χ4n) is 2.91. The first-order chi connectivity index (χ1) is 11.8. The quantitative estimate of drug-likeness (QED) is 0.534. The van der Waals surface area contributed by atoms with E-state index in [1.807, 2.05) is 49.6 Å². The Hall–Kier alpha value is -2.60. The van der Waals surface area contributed by atoms with Crippen LogP contribution < -0.4 is 0 Å². The van der Waals surface area contributed by atoms with Gasteiger partial charge in [-0.05, 0) is 37.4 Å². The number of aryl methyl sites for hydroxylation is 1. The van der Waals surface area contributed by atoms with Crippen molar-refractivity contribution in [3.05, 3.63) is 66.2 Å². The van der Waals surface area contributed by atoms with E-state index < -0.39 is 0 Å². The van der Waals surface area contributed by atoms with Crippen LogP contribution in [0, 0.1) is 6.92 Å². The number of para-hydroxylation sites is 3. The fourth-order valence-corrected chi connectivity index (χ4v) is 3.42. The van der Waals surface area contributed by atoms with Crippen LogP contribution in [0.3, 0.4) is 0 Å². The van der Waals surface area contributed by atoms with Gasteiger partial charge in [0.25, 0.3) is 0 Å². The first-order valence-electron chi connectivity index (χ1n) is 7.73. The molecule has 5 nitrogen and oxygen atoms in total. The van der Waals surface area contributed by atoms with E-state index in [2.05, 4.69) is 42.5 Å². The van der Waals surface area contributed by atoms with Crippen LogP contribution in [0.2, 0.25) is 0 Å². The van der Waals surface area contributed by atoms with Gasteiger partial charge in [-0.2, -0.15) is 0 Å². The molecule has 0 N–H and O–H groups in total. The molecule has 0 saturated carbocycles. The summed E-state index contributed by atoms with van der Waals surface area (Å²) >= 11 is 1.60. The second-order valence-electron chi connectivity index (χ2n) is 5.51. The largest absolute Gasteiger partial charge is 0.320 e. The first kappa shape index (κ1) is 15.0. The number of rotatable bonds is 4. The van der Waals surface area contributed by atoms with Gasteiger partial charge in [-0.1, -0.05) is 42.1 Å². The second-order valence-corrected chi connectivity index (χ2v) is 6.28. The number of hydrogen-bond acceptors (Lipinski definition) is 4.